The Kier molecular flexibility index (Phi) is 6.09. The molecule has 6 nitrogen and oxygen atoms in total. The average Bonchev–Trinajstić information content (AvgIpc) is 3.06. The summed E-state index contributed by atoms with van der Waals surface area (Å²) in [6, 6.07) is 20.5. The molecule has 0 amide bonds. The van der Waals surface area contributed by atoms with Crippen LogP contribution in [0.5, 0.6) is 0 Å². The van der Waals surface area contributed by atoms with Gasteiger partial charge in [0.25, 0.3) is 0 Å². The minimum absolute atomic E-state index is 0.328. The lowest BCUT2D eigenvalue weighted by Gasteiger charge is -2.29. The van der Waals surface area contributed by atoms with Crippen molar-refractivity contribution in [3.63, 3.8) is 0 Å². The number of hydrogen-bond acceptors (Lipinski definition) is 6. The van der Waals surface area contributed by atoms with Crippen molar-refractivity contribution in [3.05, 3.63) is 100 Å². The number of rotatable bonds is 4. The molecular weight excluding hydrogens is 475 g/mol. The van der Waals surface area contributed by atoms with Crippen LogP contribution in [0.15, 0.2) is 77.9 Å². The second kappa shape index (κ2) is 9.68. The van der Waals surface area contributed by atoms with E-state index in [1.165, 1.54) is 11.8 Å². The van der Waals surface area contributed by atoms with E-state index in [4.69, 9.17) is 21.6 Å². The summed E-state index contributed by atoms with van der Waals surface area (Å²) in [5, 5.41) is 7.25. The molecule has 3 aromatic carbocycles. The van der Waals surface area contributed by atoms with Gasteiger partial charge in [0, 0.05) is 71.0 Å². The predicted molar refractivity (Wildman–Crippen MR) is 143 cm³/mol. The molecule has 1 aromatic heterocycles. The van der Waals surface area contributed by atoms with Gasteiger partial charge in [-0.1, -0.05) is 29.8 Å². The quantitative estimate of drug-likeness (QED) is 0.392. The Morgan fingerprint density at radius 2 is 1.72 bits per heavy atom. The SMILES string of the molecule is Fc1ccccc1C1=NCc2cnc(Nc3ccc(N4CCNCC4)cc3)nc2-c2ccc(Cl)cc21. The number of fused-ring (bicyclic) bond motifs is 3. The first-order chi connectivity index (χ1) is 17.7. The molecule has 0 spiro atoms. The van der Waals surface area contributed by atoms with Crippen molar-refractivity contribution in [3.8, 4) is 11.3 Å². The maximum absolute atomic E-state index is 14.7. The smallest absolute Gasteiger partial charge is 0.227 e. The zero-order valence-corrected chi connectivity index (χ0v) is 20.3. The van der Waals surface area contributed by atoms with Crippen molar-refractivity contribution in [2.24, 2.45) is 4.99 Å². The summed E-state index contributed by atoms with van der Waals surface area (Å²) in [4.78, 5) is 16.5. The van der Waals surface area contributed by atoms with Gasteiger partial charge in [0.05, 0.1) is 18.0 Å². The van der Waals surface area contributed by atoms with E-state index in [0.717, 1.165) is 54.3 Å². The number of nitrogens with one attached hydrogen (secondary N) is 2. The predicted octanol–water partition coefficient (Wildman–Crippen LogP) is 5.44. The van der Waals surface area contributed by atoms with Gasteiger partial charge in [-0.05, 0) is 48.5 Å². The van der Waals surface area contributed by atoms with Gasteiger partial charge in [0.1, 0.15) is 5.82 Å². The molecule has 0 atom stereocenters. The number of aliphatic imine (C=N–C) groups is 1. The number of hydrogen-bond donors (Lipinski definition) is 2. The summed E-state index contributed by atoms with van der Waals surface area (Å²) in [7, 11) is 0. The topological polar surface area (TPSA) is 65.4 Å². The largest absolute Gasteiger partial charge is 0.369 e. The molecule has 0 aliphatic carbocycles. The van der Waals surface area contributed by atoms with Gasteiger partial charge in [-0.25, -0.2) is 14.4 Å². The lowest BCUT2D eigenvalue weighted by atomic mass is 9.95. The molecule has 2 N–H and O–H groups in total. The van der Waals surface area contributed by atoms with E-state index in [2.05, 4.69) is 32.7 Å². The van der Waals surface area contributed by atoms with Crippen molar-refractivity contribution >= 4 is 34.6 Å². The van der Waals surface area contributed by atoms with Gasteiger partial charge in [-0.15, -0.1) is 0 Å². The molecule has 36 heavy (non-hydrogen) atoms. The van der Waals surface area contributed by atoms with Gasteiger partial charge in [0.15, 0.2) is 0 Å². The number of benzene rings is 3. The lowest BCUT2D eigenvalue weighted by Crippen LogP contribution is -2.43. The average molecular weight is 499 g/mol. The normalized spacial score (nSPS) is 14.9. The molecule has 4 aromatic rings. The second-order valence-electron chi connectivity index (χ2n) is 8.81. The maximum Gasteiger partial charge on any atom is 0.227 e. The van der Waals surface area contributed by atoms with Crippen LogP contribution >= 0.6 is 11.6 Å². The van der Waals surface area contributed by atoms with Gasteiger partial charge in [-0.3, -0.25) is 4.99 Å². The molecule has 3 heterocycles. The van der Waals surface area contributed by atoms with Gasteiger partial charge >= 0.3 is 0 Å². The third-order valence-corrected chi connectivity index (χ3v) is 6.73. The second-order valence-corrected chi connectivity index (χ2v) is 9.25. The first-order valence-corrected chi connectivity index (χ1v) is 12.3. The summed E-state index contributed by atoms with van der Waals surface area (Å²) < 4.78 is 14.7. The lowest BCUT2D eigenvalue weighted by molar-refractivity contribution is 0.589. The van der Waals surface area contributed by atoms with Crippen LogP contribution < -0.4 is 15.5 Å². The molecule has 1 fully saturated rings. The van der Waals surface area contributed by atoms with E-state index < -0.39 is 0 Å². The molecule has 8 heteroatoms. The highest BCUT2D eigenvalue weighted by Gasteiger charge is 2.23. The van der Waals surface area contributed by atoms with Crippen LogP contribution in [0, 0.1) is 5.82 Å². The van der Waals surface area contributed by atoms with E-state index in [1.807, 2.05) is 30.3 Å². The van der Waals surface area contributed by atoms with E-state index >= 15 is 0 Å². The number of piperazine rings is 1. The fourth-order valence-electron chi connectivity index (χ4n) is 4.68. The van der Waals surface area contributed by atoms with Crippen molar-refractivity contribution in [2.45, 2.75) is 6.54 Å². The van der Waals surface area contributed by atoms with Crippen LogP contribution in [0.4, 0.5) is 21.7 Å². The fourth-order valence-corrected chi connectivity index (χ4v) is 4.85. The summed E-state index contributed by atoms with van der Waals surface area (Å²) in [6.07, 6.45) is 1.78. The highest BCUT2D eigenvalue weighted by molar-refractivity contribution is 6.31. The van der Waals surface area contributed by atoms with Crippen molar-refractivity contribution in [2.75, 3.05) is 36.4 Å². The number of anilines is 3. The molecule has 2 aliphatic heterocycles. The summed E-state index contributed by atoms with van der Waals surface area (Å²) in [5.74, 6) is 0.157. The minimum Gasteiger partial charge on any atom is -0.369 e. The molecule has 0 radical (unpaired) electrons. The van der Waals surface area contributed by atoms with Crippen LogP contribution in [0.25, 0.3) is 11.3 Å². The first-order valence-electron chi connectivity index (χ1n) is 11.9. The molecule has 6 rings (SSSR count). The summed E-state index contributed by atoms with van der Waals surface area (Å²) in [6.45, 7) is 4.34. The molecule has 0 bridgehead atoms. The van der Waals surface area contributed by atoms with E-state index in [1.54, 1.807) is 24.4 Å². The molecular formula is C28H24ClFN6. The van der Waals surface area contributed by atoms with E-state index in [9.17, 15) is 4.39 Å². The van der Waals surface area contributed by atoms with Crippen LogP contribution in [0.2, 0.25) is 5.02 Å². The Balaban J connectivity index is 1.33. The van der Waals surface area contributed by atoms with Crippen LogP contribution in [0.3, 0.4) is 0 Å². The third kappa shape index (κ3) is 4.43. The number of aromatic nitrogens is 2. The van der Waals surface area contributed by atoms with Crippen molar-refractivity contribution in [1.29, 1.82) is 0 Å². The number of halogens is 2. The van der Waals surface area contributed by atoms with Gasteiger partial charge < -0.3 is 15.5 Å². The van der Waals surface area contributed by atoms with E-state index in [-0.39, 0.29) is 5.82 Å². The molecule has 0 saturated carbocycles. The summed E-state index contributed by atoms with van der Waals surface area (Å²) in [5.41, 5.74) is 6.31. The minimum atomic E-state index is -0.328. The Morgan fingerprint density at radius 3 is 2.53 bits per heavy atom. The van der Waals surface area contributed by atoms with Gasteiger partial charge in [-0.2, -0.15) is 0 Å². The fraction of sp³-hybridized carbons (Fsp3) is 0.179. The van der Waals surface area contributed by atoms with Gasteiger partial charge in [0.2, 0.25) is 5.95 Å². The van der Waals surface area contributed by atoms with Crippen LogP contribution in [-0.4, -0.2) is 41.9 Å². The monoisotopic (exact) mass is 498 g/mol. The standard InChI is InChI=1S/C28H24ClFN6/c29-19-5-10-22-24(15-19)27(23-3-1-2-4-25(23)30)32-16-18-17-33-28(35-26(18)22)34-20-6-8-21(9-7-20)36-13-11-31-12-14-36/h1-10,15,17,31H,11-14,16H2,(H,33,34,35). The molecule has 0 unspecified atom stereocenters. The number of nitrogens with zero attached hydrogens (tertiary/aromatic N) is 4. The Morgan fingerprint density at radius 1 is 0.917 bits per heavy atom. The first kappa shape index (κ1) is 22.6. The van der Waals surface area contributed by atoms with Crippen LogP contribution in [-0.2, 0) is 6.54 Å². The molecule has 2 aliphatic rings. The van der Waals surface area contributed by atoms with Crippen molar-refractivity contribution in [1.82, 2.24) is 15.3 Å². The maximum atomic E-state index is 14.7. The summed E-state index contributed by atoms with van der Waals surface area (Å²) >= 11 is 6.36. The van der Waals surface area contributed by atoms with Crippen LogP contribution in [0.1, 0.15) is 16.7 Å². The zero-order chi connectivity index (χ0) is 24.5. The molecule has 180 valence electrons. The highest BCUT2D eigenvalue weighted by atomic mass is 35.5. The Hall–Kier alpha value is -3.81. The zero-order valence-electron chi connectivity index (χ0n) is 19.5. The Labute approximate surface area is 213 Å². The Bertz CT molecular complexity index is 1450. The van der Waals surface area contributed by atoms with Crippen molar-refractivity contribution < 1.29 is 4.39 Å². The van der Waals surface area contributed by atoms with E-state index in [0.29, 0.717) is 28.8 Å². The molecule has 1 saturated heterocycles. The highest BCUT2D eigenvalue weighted by Crippen LogP contribution is 2.34. The third-order valence-electron chi connectivity index (χ3n) is 6.50.